The monoisotopic (exact) mass is 659 g/mol. The highest BCUT2D eigenvalue weighted by atomic mass is 35.5. The minimum atomic E-state index is -4.19. The number of anilines is 1. The number of nitrogens with one attached hydrogen (secondary N) is 1. The number of aryl methyl sites for hydroxylation is 3. The van der Waals surface area contributed by atoms with Gasteiger partial charge in [0.2, 0.25) is 11.8 Å². The predicted octanol–water partition coefficient (Wildman–Crippen LogP) is 7.02. The van der Waals surface area contributed by atoms with Gasteiger partial charge >= 0.3 is 0 Å². The van der Waals surface area contributed by atoms with E-state index in [-0.39, 0.29) is 23.8 Å². The maximum Gasteiger partial charge on any atom is 0.264 e. The Hall–Kier alpha value is -4.14. The average molecular weight is 660 g/mol. The second kappa shape index (κ2) is 14.5. The van der Waals surface area contributed by atoms with Gasteiger partial charge in [-0.15, -0.1) is 0 Å². The van der Waals surface area contributed by atoms with Crippen molar-refractivity contribution < 1.29 is 18.0 Å². The molecule has 0 aromatic heterocycles. The highest BCUT2D eigenvalue weighted by molar-refractivity contribution is 7.92. The molecule has 46 heavy (non-hydrogen) atoms. The number of nitrogens with zero attached hydrogens (tertiary/aromatic N) is 2. The van der Waals surface area contributed by atoms with Crippen LogP contribution in [-0.2, 0) is 32.6 Å². The van der Waals surface area contributed by atoms with Gasteiger partial charge < -0.3 is 10.2 Å². The summed E-state index contributed by atoms with van der Waals surface area (Å²) in [5, 5.41) is 3.48. The molecule has 7 nitrogen and oxygen atoms in total. The summed E-state index contributed by atoms with van der Waals surface area (Å²) < 4.78 is 29.7. The van der Waals surface area contributed by atoms with Crippen molar-refractivity contribution >= 4 is 39.1 Å². The van der Waals surface area contributed by atoms with Gasteiger partial charge in [-0.3, -0.25) is 13.9 Å². The molecule has 4 rings (SSSR count). The summed E-state index contributed by atoms with van der Waals surface area (Å²) >= 11 is 6.58. The number of hydrogen-bond donors (Lipinski definition) is 1. The Balaban J connectivity index is 1.85. The lowest BCUT2D eigenvalue weighted by atomic mass is 10.0. The highest BCUT2D eigenvalue weighted by Gasteiger charge is 2.36. The molecule has 0 aliphatic carbocycles. The number of sulfonamides is 1. The Bertz CT molecular complexity index is 1790. The number of benzene rings is 4. The lowest BCUT2D eigenvalue weighted by Gasteiger charge is -2.35. The summed E-state index contributed by atoms with van der Waals surface area (Å²) in [6.45, 7) is 10.7. The number of carbonyl (C=O) groups is 2. The first kappa shape index (κ1) is 34.7. The maximum atomic E-state index is 14.7. The van der Waals surface area contributed by atoms with Crippen LogP contribution in [0.3, 0.4) is 0 Å². The topological polar surface area (TPSA) is 86.8 Å². The zero-order valence-corrected chi connectivity index (χ0v) is 28.8. The Morgan fingerprint density at radius 3 is 2.04 bits per heavy atom. The van der Waals surface area contributed by atoms with Crippen molar-refractivity contribution in [1.82, 2.24) is 10.2 Å². The Kier molecular flexibility index (Phi) is 11.0. The van der Waals surface area contributed by atoms with Crippen molar-refractivity contribution in [1.29, 1.82) is 0 Å². The lowest BCUT2D eigenvalue weighted by Crippen LogP contribution is -2.56. The standard InChI is InChI=1S/C37H42ClN3O4S/c1-26-16-19-31(20-17-26)46(44,45)41(33-21-18-27(2)22-28(33)3)25-35(42)40(24-30-14-10-11-15-32(30)38)34(36(43)39-37(4,5)6)23-29-12-8-7-9-13-29/h7-22,34H,23-25H2,1-6H3,(H,39,43)/t34-/m0/s1. The predicted molar refractivity (Wildman–Crippen MR) is 185 cm³/mol. The summed E-state index contributed by atoms with van der Waals surface area (Å²) in [6, 6.07) is 27.6. The third-order valence-electron chi connectivity index (χ3n) is 7.58. The number of carbonyl (C=O) groups excluding carboxylic acids is 2. The van der Waals surface area contributed by atoms with E-state index in [1.807, 2.05) is 90.1 Å². The minimum Gasteiger partial charge on any atom is -0.350 e. The number of hydrogen-bond acceptors (Lipinski definition) is 4. The first-order chi connectivity index (χ1) is 21.7. The Morgan fingerprint density at radius 1 is 0.826 bits per heavy atom. The fourth-order valence-corrected chi connectivity index (χ4v) is 6.93. The van der Waals surface area contributed by atoms with Gasteiger partial charge in [0.05, 0.1) is 10.6 Å². The zero-order valence-electron chi connectivity index (χ0n) is 27.2. The molecule has 4 aromatic carbocycles. The number of halogens is 1. The van der Waals surface area contributed by atoms with Gasteiger partial charge in [-0.2, -0.15) is 0 Å². The molecule has 0 unspecified atom stereocenters. The van der Waals surface area contributed by atoms with Gasteiger partial charge in [-0.25, -0.2) is 8.42 Å². The molecule has 1 atom stereocenters. The fraction of sp³-hybridized carbons (Fsp3) is 0.297. The molecule has 1 N–H and O–H groups in total. The van der Waals surface area contributed by atoms with Crippen LogP contribution < -0.4 is 9.62 Å². The molecule has 0 radical (unpaired) electrons. The van der Waals surface area contributed by atoms with Gasteiger partial charge in [-0.05, 0) is 82.5 Å². The van der Waals surface area contributed by atoms with E-state index < -0.39 is 34.1 Å². The Labute approximate surface area is 278 Å². The second-order valence-corrected chi connectivity index (χ2v) is 14.9. The molecular formula is C37H42ClN3O4S. The van der Waals surface area contributed by atoms with E-state index >= 15 is 0 Å². The van der Waals surface area contributed by atoms with Gasteiger partial charge in [0.15, 0.2) is 0 Å². The van der Waals surface area contributed by atoms with E-state index in [4.69, 9.17) is 11.6 Å². The summed E-state index contributed by atoms with van der Waals surface area (Å²) in [4.78, 5) is 30.2. The van der Waals surface area contributed by atoms with Crippen LogP contribution in [0.25, 0.3) is 0 Å². The second-order valence-electron chi connectivity index (χ2n) is 12.7. The lowest BCUT2D eigenvalue weighted by molar-refractivity contribution is -0.140. The molecule has 0 heterocycles. The summed E-state index contributed by atoms with van der Waals surface area (Å²) in [7, 11) is -4.19. The van der Waals surface area contributed by atoms with E-state index in [0.29, 0.717) is 21.8 Å². The first-order valence-corrected chi connectivity index (χ1v) is 17.0. The molecular weight excluding hydrogens is 618 g/mol. The van der Waals surface area contributed by atoms with Crippen molar-refractivity contribution in [3.63, 3.8) is 0 Å². The molecule has 0 saturated heterocycles. The molecule has 0 aliphatic heterocycles. The van der Waals surface area contributed by atoms with Crippen LogP contribution in [0.1, 0.15) is 48.6 Å². The SMILES string of the molecule is Cc1ccc(S(=O)(=O)N(CC(=O)N(Cc2ccccc2Cl)[C@@H](Cc2ccccc2)C(=O)NC(C)(C)C)c2ccc(C)cc2C)cc1. The smallest absolute Gasteiger partial charge is 0.264 e. The molecule has 9 heteroatoms. The normalized spacial score (nSPS) is 12.3. The van der Waals surface area contributed by atoms with E-state index in [1.165, 1.54) is 4.90 Å². The molecule has 0 aliphatic rings. The first-order valence-electron chi connectivity index (χ1n) is 15.2. The van der Waals surface area contributed by atoms with Gasteiger partial charge in [0, 0.05) is 23.5 Å². The molecule has 0 spiro atoms. The molecule has 0 bridgehead atoms. The van der Waals surface area contributed by atoms with Gasteiger partial charge in [0.25, 0.3) is 10.0 Å². The van der Waals surface area contributed by atoms with Crippen LogP contribution in [-0.4, -0.2) is 43.3 Å². The molecule has 2 amide bonds. The average Bonchev–Trinajstić information content (AvgIpc) is 2.98. The molecule has 242 valence electrons. The van der Waals surface area contributed by atoms with E-state index in [9.17, 15) is 18.0 Å². The van der Waals surface area contributed by atoms with Crippen LogP contribution in [0.2, 0.25) is 5.02 Å². The van der Waals surface area contributed by atoms with Crippen LogP contribution in [0.5, 0.6) is 0 Å². The summed E-state index contributed by atoms with van der Waals surface area (Å²) in [6.07, 6.45) is 0.215. The van der Waals surface area contributed by atoms with Gasteiger partial charge in [0.1, 0.15) is 12.6 Å². The largest absolute Gasteiger partial charge is 0.350 e. The zero-order chi connectivity index (χ0) is 33.6. The van der Waals surface area contributed by atoms with Crippen molar-refractivity contribution in [2.75, 3.05) is 10.8 Å². The van der Waals surface area contributed by atoms with E-state index in [1.54, 1.807) is 48.5 Å². The fourth-order valence-electron chi connectivity index (χ4n) is 5.25. The maximum absolute atomic E-state index is 14.7. The third-order valence-corrected chi connectivity index (χ3v) is 9.72. The van der Waals surface area contributed by atoms with Crippen molar-refractivity contribution in [2.45, 2.75) is 71.0 Å². The van der Waals surface area contributed by atoms with Crippen LogP contribution in [0.15, 0.2) is 102 Å². The number of amides is 2. The third kappa shape index (κ3) is 8.77. The van der Waals surface area contributed by atoms with Crippen molar-refractivity contribution in [2.24, 2.45) is 0 Å². The molecule has 4 aromatic rings. The number of rotatable bonds is 11. The van der Waals surface area contributed by atoms with Crippen LogP contribution in [0, 0.1) is 20.8 Å². The quantitative estimate of drug-likeness (QED) is 0.188. The Morgan fingerprint density at radius 2 is 1.43 bits per heavy atom. The highest BCUT2D eigenvalue weighted by Crippen LogP contribution is 2.29. The van der Waals surface area contributed by atoms with Crippen molar-refractivity contribution in [3.8, 4) is 0 Å². The summed E-state index contributed by atoms with van der Waals surface area (Å²) in [5.74, 6) is -0.892. The minimum absolute atomic E-state index is 0.00112. The van der Waals surface area contributed by atoms with E-state index in [0.717, 1.165) is 21.0 Å². The van der Waals surface area contributed by atoms with Crippen molar-refractivity contribution in [3.05, 3.63) is 130 Å². The van der Waals surface area contributed by atoms with E-state index in [2.05, 4.69) is 5.32 Å². The van der Waals surface area contributed by atoms with Crippen LogP contribution in [0.4, 0.5) is 5.69 Å². The molecule has 0 saturated carbocycles. The van der Waals surface area contributed by atoms with Gasteiger partial charge in [-0.1, -0.05) is 95.5 Å². The van der Waals surface area contributed by atoms with Crippen LogP contribution >= 0.6 is 11.6 Å². The molecule has 0 fully saturated rings. The summed E-state index contributed by atoms with van der Waals surface area (Å²) in [5.41, 5.74) is 3.87.